The highest BCUT2D eigenvalue weighted by atomic mass is 35.5. The molecule has 4 rings (SSSR count). The Labute approximate surface area is 204 Å². The molecule has 0 saturated carbocycles. The Balaban J connectivity index is 2.03. The summed E-state index contributed by atoms with van der Waals surface area (Å²) < 4.78 is 92.6. The molecule has 0 fully saturated rings. The zero-order chi connectivity index (χ0) is 25.9. The summed E-state index contributed by atoms with van der Waals surface area (Å²) >= 11 is 12.3. The predicted octanol–water partition coefficient (Wildman–Crippen LogP) is 5.67. The van der Waals surface area contributed by atoms with Gasteiger partial charge < -0.3 is 0 Å². The minimum atomic E-state index is -6.25. The number of amides is 2. The zero-order valence-electron chi connectivity index (χ0n) is 17.0. The summed E-state index contributed by atoms with van der Waals surface area (Å²) in [5.74, 6) is -2.81. The molecule has 6 nitrogen and oxygen atoms in total. The Morgan fingerprint density at radius 1 is 0.971 bits per heavy atom. The van der Waals surface area contributed by atoms with E-state index in [1.807, 2.05) is 0 Å². The maximum absolute atomic E-state index is 14.6. The smallest absolute Gasteiger partial charge is 0.294 e. The maximum atomic E-state index is 14.6. The van der Waals surface area contributed by atoms with Gasteiger partial charge in [0.2, 0.25) is 0 Å². The van der Waals surface area contributed by atoms with Gasteiger partial charge in [-0.1, -0.05) is 29.3 Å². The van der Waals surface area contributed by atoms with Crippen molar-refractivity contribution in [3.63, 3.8) is 0 Å². The molecule has 1 aliphatic carbocycles. The van der Waals surface area contributed by atoms with Crippen LogP contribution in [0.3, 0.4) is 0 Å². The summed E-state index contributed by atoms with van der Waals surface area (Å²) in [6.07, 6.45) is 0.324. The van der Waals surface area contributed by atoms with Gasteiger partial charge in [0.05, 0.1) is 28.7 Å². The third-order valence-corrected chi connectivity index (χ3v) is 7.32. The number of hydrogen-bond donors (Lipinski definition) is 0. The van der Waals surface area contributed by atoms with Crippen LogP contribution in [0.5, 0.6) is 0 Å². The van der Waals surface area contributed by atoms with E-state index in [1.165, 1.54) is 18.2 Å². The minimum Gasteiger partial charge on any atom is -0.294 e. The second-order valence-electron chi connectivity index (χ2n) is 7.40. The summed E-state index contributed by atoms with van der Waals surface area (Å²) in [5.41, 5.74) is -7.49. The number of urea groups is 1. The standard InChI is InChI=1S/C21H11Cl2F5N2O4S/c22-15-2-1-3-16(23)19(15)30-18-8-11(31)7-13(12-5-4-10(24)6-17(12)25)14(18)9-29(20(30)32)35(33,34)21(26,27)28/h1-7H,8-9H2. The van der Waals surface area contributed by atoms with E-state index in [0.717, 1.165) is 18.2 Å². The van der Waals surface area contributed by atoms with E-state index in [-0.39, 0.29) is 32.6 Å². The summed E-state index contributed by atoms with van der Waals surface area (Å²) in [6.45, 7) is -1.18. The normalized spacial score (nSPS) is 17.1. The molecule has 0 saturated heterocycles. The number of carbonyl (C=O) groups excluding carboxylic acids is 2. The molecule has 0 bridgehead atoms. The van der Waals surface area contributed by atoms with Crippen molar-refractivity contribution >= 4 is 56.3 Å². The number of halogens is 7. The van der Waals surface area contributed by atoms with E-state index in [4.69, 9.17) is 23.2 Å². The minimum absolute atomic E-state index is 0.236. The number of sulfonamides is 1. The van der Waals surface area contributed by atoms with Gasteiger partial charge in [-0.2, -0.15) is 21.6 Å². The quantitative estimate of drug-likeness (QED) is 0.459. The number of anilines is 1. The molecule has 2 aliphatic rings. The Morgan fingerprint density at radius 3 is 2.17 bits per heavy atom. The number of allylic oxidation sites excluding steroid dienone is 2. The van der Waals surface area contributed by atoms with Crippen molar-refractivity contribution in [2.75, 3.05) is 11.4 Å². The van der Waals surface area contributed by atoms with Crippen LogP contribution in [0, 0.1) is 11.6 Å². The van der Waals surface area contributed by atoms with Crippen LogP contribution in [0.15, 0.2) is 53.7 Å². The molecule has 1 heterocycles. The molecule has 35 heavy (non-hydrogen) atoms. The Kier molecular flexibility index (Phi) is 6.18. The van der Waals surface area contributed by atoms with Gasteiger partial charge in [-0.3, -0.25) is 9.69 Å². The van der Waals surface area contributed by atoms with Gasteiger partial charge in [0.15, 0.2) is 5.78 Å². The SMILES string of the molecule is O=C1C=C(c2ccc(F)cc2F)C2=C(C1)N(c1c(Cl)cccc1Cl)C(=O)N(S(=O)(=O)C(F)(F)F)C2. The maximum Gasteiger partial charge on any atom is 0.516 e. The molecule has 0 unspecified atom stereocenters. The Bertz CT molecular complexity index is 1430. The summed E-state index contributed by atoms with van der Waals surface area (Å²) in [6, 6.07) is 4.43. The molecule has 14 heteroatoms. The fourth-order valence-corrected chi connectivity index (χ4v) is 5.15. The lowest BCUT2D eigenvalue weighted by Gasteiger charge is -2.40. The average molecular weight is 553 g/mol. The molecule has 0 spiro atoms. The van der Waals surface area contributed by atoms with E-state index in [1.54, 1.807) is 0 Å². The molecule has 2 amide bonds. The number of ketones is 1. The van der Waals surface area contributed by atoms with Gasteiger partial charge in [0.1, 0.15) is 11.6 Å². The van der Waals surface area contributed by atoms with Gasteiger partial charge in [-0.25, -0.2) is 17.9 Å². The second-order valence-corrected chi connectivity index (χ2v) is 10.1. The van der Waals surface area contributed by atoms with E-state index in [0.29, 0.717) is 11.0 Å². The van der Waals surface area contributed by atoms with Crippen molar-refractivity contribution in [3.05, 3.63) is 81.0 Å². The highest BCUT2D eigenvalue weighted by Crippen LogP contribution is 2.45. The Hall–Kier alpha value is -2.96. The van der Waals surface area contributed by atoms with Crippen LogP contribution in [0.25, 0.3) is 5.57 Å². The fraction of sp³-hybridized carbons (Fsp3) is 0.143. The topological polar surface area (TPSA) is 74.8 Å². The molecule has 184 valence electrons. The summed E-state index contributed by atoms with van der Waals surface area (Å²) in [7, 11) is -6.25. The molecule has 2 aromatic carbocycles. The van der Waals surface area contributed by atoms with Crippen LogP contribution in [0.1, 0.15) is 12.0 Å². The molecule has 0 radical (unpaired) electrons. The van der Waals surface area contributed by atoms with Crippen LogP contribution in [0.4, 0.5) is 32.4 Å². The number of nitrogens with zero attached hydrogens (tertiary/aromatic N) is 2. The number of carbonyl (C=O) groups is 2. The third-order valence-electron chi connectivity index (χ3n) is 5.26. The first-order chi connectivity index (χ1) is 16.2. The highest BCUT2D eigenvalue weighted by Gasteiger charge is 2.55. The molecule has 1 aliphatic heterocycles. The van der Waals surface area contributed by atoms with Crippen molar-refractivity contribution in [2.24, 2.45) is 0 Å². The van der Waals surface area contributed by atoms with Crippen LogP contribution < -0.4 is 4.90 Å². The van der Waals surface area contributed by atoms with E-state index in [2.05, 4.69) is 0 Å². The fourth-order valence-electron chi connectivity index (χ4n) is 3.75. The molecule has 0 aromatic heterocycles. The lowest BCUT2D eigenvalue weighted by atomic mass is 9.87. The lowest BCUT2D eigenvalue weighted by molar-refractivity contribution is -0.114. The molecule has 0 N–H and O–H groups in total. The second kappa shape index (κ2) is 8.61. The molecular formula is C21H11Cl2F5N2O4S. The van der Waals surface area contributed by atoms with E-state index < -0.39 is 61.8 Å². The summed E-state index contributed by atoms with van der Waals surface area (Å²) in [4.78, 5) is 26.3. The average Bonchev–Trinajstić information content (AvgIpc) is 2.73. The first-order valence-corrected chi connectivity index (χ1v) is 11.7. The van der Waals surface area contributed by atoms with E-state index in [9.17, 15) is 40.0 Å². The van der Waals surface area contributed by atoms with Crippen molar-refractivity contribution < 1.29 is 40.0 Å². The predicted molar refractivity (Wildman–Crippen MR) is 117 cm³/mol. The number of benzene rings is 2. The van der Waals surface area contributed by atoms with Crippen LogP contribution in [-0.2, 0) is 14.8 Å². The van der Waals surface area contributed by atoms with E-state index >= 15 is 0 Å². The molecule has 2 aromatic rings. The van der Waals surface area contributed by atoms with Crippen molar-refractivity contribution in [1.29, 1.82) is 0 Å². The zero-order valence-corrected chi connectivity index (χ0v) is 19.4. The number of para-hydroxylation sites is 1. The van der Waals surface area contributed by atoms with Gasteiger partial charge >= 0.3 is 21.6 Å². The van der Waals surface area contributed by atoms with Crippen molar-refractivity contribution in [3.8, 4) is 0 Å². The van der Waals surface area contributed by atoms with Gasteiger partial charge in [-0.05, 0) is 35.9 Å². The molecular weight excluding hydrogens is 542 g/mol. The van der Waals surface area contributed by atoms with Crippen molar-refractivity contribution in [1.82, 2.24) is 4.31 Å². The third kappa shape index (κ3) is 4.19. The van der Waals surface area contributed by atoms with Gasteiger partial charge in [0, 0.05) is 22.9 Å². The van der Waals surface area contributed by atoms with Crippen LogP contribution in [-0.4, -0.2) is 36.6 Å². The molecule has 0 atom stereocenters. The number of hydrogen-bond acceptors (Lipinski definition) is 4. The van der Waals surface area contributed by atoms with Crippen molar-refractivity contribution in [2.45, 2.75) is 11.9 Å². The highest BCUT2D eigenvalue weighted by molar-refractivity contribution is 7.90. The van der Waals surface area contributed by atoms with Gasteiger partial charge in [-0.15, -0.1) is 0 Å². The monoisotopic (exact) mass is 552 g/mol. The largest absolute Gasteiger partial charge is 0.516 e. The number of rotatable bonds is 3. The Morgan fingerprint density at radius 2 is 1.60 bits per heavy atom. The lowest BCUT2D eigenvalue weighted by Crippen LogP contribution is -2.55. The summed E-state index contributed by atoms with van der Waals surface area (Å²) in [5, 5.41) is -0.471. The van der Waals surface area contributed by atoms with Crippen LogP contribution in [0.2, 0.25) is 10.0 Å². The first kappa shape index (κ1) is 25.1. The van der Waals surface area contributed by atoms with Gasteiger partial charge in [0.25, 0.3) is 0 Å². The number of alkyl halides is 3. The first-order valence-electron chi connectivity index (χ1n) is 9.53. The van der Waals surface area contributed by atoms with Crippen LogP contribution >= 0.6 is 23.2 Å².